The monoisotopic (exact) mass is 542 g/mol. The number of nitrogens with one attached hydrogen (secondary N) is 1. The fourth-order valence-electron chi connectivity index (χ4n) is 5.87. The molecule has 0 radical (unpaired) electrons. The lowest BCUT2D eigenvalue weighted by atomic mass is 9.70. The van der Waals surface area contributed by atoms with Gasteiger partial charge in [0.1, 0.15) is 11.5 Å². The summed E-state index contributed by atoms with van der Waals surface area (Å²) in [7, 11) is 1.23. The van der Waals surface area contributed by atoms with Gasteiger partial charge in [-0.05, 0) is 36.2 Å². The van der Waals surface area contributed by atoms with Gasteiger partial charge >= 0.3 is 6.03 Å². The highest BCUT2D eigenvalue weighted by molar-refractivity contribution is 7.89. The molecule has 2 N–H and O–H groups in total. The Morgan fingerprint density at radius 2 is 1.82 bits per heavy atom. The van der Waals surface area contributed by atoms with Crippen LogP contribution in [0.25, 0.3) is 10.9 Å². The van der Waals surface area contributed by atoms with E-state index in [9.17, 15) is 18.3 Å². The third-order valence-electron chi connectivity index (χ3n) is 7.75. The van der Waals surface area contributed by atoms with Gasteiger partial charge in [-0.3, -0.25) is 0 Å². The van der Waals surface area contributed by atoms with Crippen molar-refractivity contribution in [2.24, 2.45) is 7.05 Å². The Bertz CT molecular complexity index is 1480. The number of amides is 2. The molecule has 2 aromatic carbocycles. The van der Waals surface area contributed by atoms with Crippen LogP contribution in [0.2, 0.25) is 0 Å². The van der Waals surface area contributed by atoms with Gasteiger partial charge < -0.3 is 29.4 Å². The second kappa shape index (κ2) is 9.79. The molecule has 5 rings (SSSR count). The number of fused-ring (bicyclic) bond motifs is 4. The average Bonchev–Trinajstić information content (AvgIpc) is 3.21. The van der Waals surface area contributed by atoms with Gasteiger partial charge in [-0.15, -0.1) is 0 Å². The van der Waals surface area contributed by atoms with Crippen molar-refractivity contribution in [2.75, 3.05) is 47.0 Å². The molecule has 2 aliphatic heterocycles. The molecule has 0 aliphatic carbocycles. The number of sulfonamides is 1. The molecular formula is C27H34N4O6S. The standard InChI is InChI=1S/C27H34N4O6S/c1-5-11-28-26(33)31-17-27(15-30(16-27)38(34,35)20-8-6-7-18(12-20)36-3)24-21-10-9-19(37-4)13-22(21)29(2)25(24)23(31)14-32/h6-10,12-13,23,32H,5,11,14-17H2,1-4H3,(H,28,33)/t23-/m0/s1. The minimum atomic E-state index is -3.78. The first-order valence-corrected chi connectivity index (χ1v) is 14.1. The van der Waals surface area contributed by atoms with Crippen molar-refractivity contribution in [1.29, 1.82) is 0 Å². The number of methoxy groups -OCH3 is 2. The number of carbonyl (C=O) groups is 1. The lowest BCUT2D eigenvalue weighted by molar-refractivity contribution is 0.0494. The van der Waals surface area contributed by atoms with Gasteiger partial charge in [0.15, 0.2) is 0 Å². The highest BCUT2D eigenvalue weighted by Crippen LogP contribution is 2.50. The van der Waals surface area contributed by atoms with E-state index < -0.39 is 21.5 Å². The minimum Gasteiger partial charge on any atom is -0.497 e. The van der Waals surface area contributed by atoms with E-state index in [2.05, 4.69) is 5.32 Å². The van der Waals surface area contributed by atoms with E-state index in [0.29, 0.717) is 18.0 Å². The first-order chi connectivity index (χ1) is 18.2. The van der Waals surface area contributed by atoms with E-state index in [4.69, 9.17) is 9.47 Å². The number of hydrogen-bond donors (Lipinski definition) is 2. The average molecular weight is 543 g/mol. The Hall–Kier alpha value is -3.28. The van der Waals surface area contributed by atoms with Crippen molar-refractivity contribution in [3.05, 3.63) is 53.7 Å². The molecular weight excluding hydrogens is 508 g/mol. The Morgan fingerprint density at radius 3 is 2.47 bits per heavy atom. The smallest absolute Gasteiger partial charge is 0.318 e. The van der Waals surface area contributed by atoms with Crippen molar-refractivity contribution in [3.63, 3.8) is 0 Å². The lowest BCUT2D eigenvalue weighted by Gasteiger charge is -2.55. The lowest BCUT2D eigenvalue weighted by Crippen LogP contribution is -2.68. The maximum absolute atomic E-state index is 13.6. The van der Waals surface area contributed by atoms with Crippen LogP contribution in [0.5, 0.6) is 11.5 Å². The number of aliphatic hydroxyl groups excluding tert-OH is 1. The van der Waals surface area contributed by atoms with Crippen LogP contribution in [0, 0.1) is 0 Å². The largest absolute Gasteiger partial charge is 0.497 e. The molecule has 0 bridgehead atoms. The van der Waals surface area contributed by atoms with E-state index in [0.717, 1.165) is 28.6 Å². The zero-order valence-electron chi connectivity index (χ0n) is 22.1. The SMILES string of the molecule is CCCNC(=O)N1CC2(CN(S(=O)(=O)c3cccc(OC)c3)C2)c2c(n(C)c3cc(OC)ccc23)[C@@H]1CO. The number of rotatable bonds is 7. The van der Waals surface area contributed by atoms with E-state index in [1.165, 1.54) is 17.5 Å². The van der Waals surface area contributed by atoms with Crippen molar-refractivity contribution < 1.29 is 27.8 Å². The van der Waals surface area contributed by atoms with E-state index >= 15 is 0 Å². The maximum Gasteiger partial charge on any atom is 0.318 e. The Kier molecular flexibility index (Phi) is 6.79. The van der Waals surface area contributed by atoms with E-state index in [-0.39, 0.29) is 37.2 Å². The number of nitrogens with zero attached hydrogens (tertiary/aromatic N) is 3. The number of aryl methyl sites for hydroxylation is 1. The zero-order chi connectivity index (χ0) is 27.2. The van der Waals surface area contributed by atoms with Crippen LogP contribution in [0.15, 0.2) is 47.4 Å². The summed E-state index contributed by atoms with van der Waals surface area (Å²) in [6.07, 6.45) is 0.778. The highest BCUT2D eigenvalue weighted by Gasteiger charge is 2.57. The molecule has 11 heteroatoms. The molecule has 1 fully saturated rings. The summed E-state index contributed by atoms with van der Waals surface area (Å²) in [5.41, 5.74) is 2.06. The van der Waals surface area contributed by atoms with Gasteiger partial charge in [0, 0.05) is 61.9 Å². The summed E-state index contributed by atoms with van der Waals surface area (Å²) in [4.78, 5) is 15.1. The normalized spacial score (nSPS) is 18.8. The first-order valence-electron chi connectivity index (χ1n) is 12.7. The number of aromatic nitrogens is 1. The molecule has 0 unspecified atom stereocenters. The molecule has 2 aliphatic rings. The molecule has 1 saturated heterocycles. The molecule has 1 atom stereocenters. The number of aliphatic hydroxyl groups is 1. The van der Waals surface area contributed by atoms with Gasteiger partial charge in [-0.1, -0.05) is 13.0 Å². The van der Waals surface area contributed by atoms with Crippen LogP contribution in [0.1, 0.15) is 30.6 Å². The van der Waals surface area contributed by atoms with Crippen LogP contribution in [-0.2, 0) is 22.5 Å². The number of ether oxygens (including phenoxy) is 2. The van der Waals surface area contributed by atoms with Crippen LogP contribution in [0.4, 0.5) is 4.79 Å². The summed E-state index contributed by atoms with van der Waals surface area (Å²) in [5, 5.41) is 14.4. The Balaban J connectivity index is 1.61. The van der Waals surface area contributed by atoms with Crippen LogP contribution in [0.3, 0.4) is 0 Å². The maximum atomic E-state index is 13.6. The van der Waals surface area contributed by atoms with Crippen LogP contribution < -0.4 is 14.8 Å². The predicted molar refractivity (Wildman–Crippen MR) is 143 cm³/mol. The molecule has 1 spiro atoms. The van der Waals surface area contributed by atoms with Crippen molar-refractivity contribution in [1.82, 2.24) is 19.1 Å². The third-order valence-corrected chi connectivity index (χ3v) is 9.53. The Morgan fingerprint density at radius 1 is 1.11 bits per heavy atom. The molecule has 2 amide bonds. The number of benzene rings is 2. The van der Waals surface area contributed by atoms with Crippen LogP contribution >= 0.6 is 0 Å². The summed E-state index contributed by atoms with van der Waals surface area (Å²) in [6, 6.07) is 11.4. The molecule has 3 aromatic rings. The molecule has 38 heavy (non-hydrogen) atoms. The third kappa shape index (κ3) is 4.00. The summed E-state index contributed by atoms with van der Waals surface area (Å²) in [5.74, 6) is 1.16. The van der Waals surface area contributed by atoms with E-state index in [1.807, 2.05) is 36.7 Å². The highest BCUT2D eigenvalue weighted by atomic mass is 32.2. The van der Waals surface area contributed by atoms with Gasteiger partial charge in [-0.2, -0.15) is 4.31 Å². The van der Waals surface area contributed by atoms with Gasteiger partial charge in [-0.25, -0.2) is 13.2 Å². The zero-order valence-corrected chi connectivity index (χ0v) is 22.9. The van der Waals surface area contributed by atoms with Crippen molar-refractivity contribution in [3.8, 4) is 11.5 Å². The first kappa shape index (κ1) is 26.3. The molecule has 10 nitrogen and oxygen atoms in total. The predicted octanol–water partition coefficient (Wildman–Crippen LogP) is 2.61. The summed E-state index contributed by atoms with van der Waals surface area (Å²) >= 11 is 0. The topological polar surface area (TPSA) is 113 Å². The van der Waals surface area contributed by atoms with E-state index in [1.54, 1.807) is 30.2 Å². The van der Waals surface area contributed by atoms with Crippen molar-refractivity contribution in [2.45, 2.75) is 29.7 Å². The van der Waals surface area contributed by atoms with Crippen LogP contribution in [-0.4, -0.2) is 80.3 Å². The van der Waals surface area contributed by atoms with Crippen molar-refractivity contribution >= 4 is 27.0 Å². The molecule has 0 saturated carbocycles. The summed E-state index contributed by atoms with van der Waals surface area (Å²) < 4.78 is 41.3. The van der Waals surface area contributed by atoms with Gasteiger partial charge in [0.2, 0.25) is 10.0 Å². The summed E-state index contributed by atoms with van der Waals surface area (Å²) in [6.45, 7) is 2.94. The Labute approximate surface area is 222 Å². The second-order valence-corrected chi connectivity index (χ2v) is 11.9. The molecule has 1 aromatic heterocycles. The fourth-order valence-corrected chi connectivity index (χ4v) is 7.52. The molecule has 3 heterocycles. The number of urea groups is 1. The van der Waals surface area contributed by atoms with Gasteiger partial charge in [0.25, 0.3) is 0 Å². The van der Waals surface area contributed by atoms with Gasteiger partial charge in [0.05, 0.1) is 37.3 Å². The quantitative estimate of drug-likeness (QED) is 0.475. The number of hydrogen-bond acceptors (Lipinski definition) is 6. The molecule has 204 valence electrons. The second-order valence-electron chi connectivity index (χ2n) is 9.99. The number of carbonyl (C=O) groups excluding carboxylic acids is 1. The minimum absolute atomic E-state index is 0.163. The fraction of sp³-hybridized carbons (Fsp3) is 0.444.